The summed E-state index contributed by atoms with van der Waals surface area (Å²) >= 11 is 0. The summed E-state index contributed by atoms with van der Waals surface area (Å²) in [6.07, 6.45) is 11.9. The molecule has 2 aliphatic rings. The number of nitrogens with one attached hydrogen (secondary N) is 4. The molecule has 0 unspecified atom stereocenters. The van der Waals surface area contributed by atoms with Gasteiger partial charge in [0.2, 0.25) is 5.82 Å². The average molecular weight is 573 g/mol. The number of halogens is 2. The van der Waals surface area contributed by atoms with Crippen LogP contribution in [0.3, 0.4) is 0 Å². The van der Waals surface area contributed by atoms with Crippen molar-refractivity contribution >= 4 is 53.3 Å². The maximum atomic E-state index is 13.1. The third-order valence-electron chi connectivity index (χ3n) is 7.67. The molecule has 210 valence electrons. The van der Waals surface area contributed by atoms with Crippen LogP contribution in [0.2, 0.25) is 0 Å². The molecule has 10 heteroatoms. The standard InChI is InChI=1S/C29H37N7O.2ClH/c1-19-14-15-22-21(17-19)27(36-28(34-22)29(37)32-18-20-9-3-2-4-10-20)35-24-12-6-5-11-23(24)33-26(30)25-13-7-8-16-31-25;;/h7-8,13-17,20,23-24H,2-6,9-12,18H2,1H3,(H2,30,33)(H,32,37)(H,34,35,36);2*1H/t23-,24+;;/m1../s1. The predicted octanol–water partition coefficient (Wildman–Crippen LogP) is 5.83. The molecule has 2 aliphatic carbocycles. The summed E-state index contributed by atoms with van der Waals surface area (Å²) in [4.78, 5) is 26.8. The van der Waals surface area contributed by atoms with Crippen molar-refractivity contribution in [1.82, 2.24) is 25.6 Å². The largest absolute Gasteiger partial charge is 0.365 e. The summed E-state index contributed by atoms with van der Waals surface area (Å²) in [5.41, 5.74) is 2.50. The quantitative estimate of drug-likeness (QED) is 0.209. The molecular weight excluding hydrogens is 533 g/mol. The minimum absolute atomic E-state index is 0. The molecule has 39 heavy (non-hydrogen) atoms. The van der Waals surface area contributed by atoms with Crippen LogP contribution in [-0.2, 0) is 0 Å². The lowest BCUT2D eigenvalue weighted by Gasteiger charge is -2.34. The SMILES string of the molecule is Cc1ccc2nc(C(=O)NCC3CCCCC3)nc(N[C@H]3CCCC[C@H]3NC(=N)c3ccccn3)c2c1.Cl.Cl. The fraction of sp³-hybridized carbons (Fsp3) is 0.483. The highest BCUT2D eigenvalue weighted by atomic mass is 35.5. The van der Waals surface area contributed by atoms with Gasteiger partial charge >= 0.3 is 0 Å². The first-order valence-electron chi connectivity index (χ1n) is 13.7. The monoisotopic (exact) mass is 571 g/mol. The summed E-state index contributed by atoms with van der Waals surface area (Å²) in [6.45, 7) is 2.73. The number of nitrogens with zero attached hydrogens (tertiary/aromatic N) is 3. The van der Waals surface area contributed by atoms with Gasteiger partial charge < -0.3 is 16.0 Å². The Bertz CT molecular complexity index is 1250. The molecule has 2 fully saturated rings. The number of anilines is 1. The van der Waals surface area contributed by atoms with Gasteiger partial charge in [-0.05, 0) is 62.8 Å². The zero-order chi connectivity index (χ0) is 25.6. The lowest BCUT2D eigenvalue weighted by atomic mass is 9.89. The first-order valence-corrected chi connectivity index (χ1v) is 13.7. The van der Waals surface area contributed by atoms with E-state index in [2.05, 4.69) is 32.0 Å². The summed E-state index contributed by atoms with van der Waals surface area (Å²) < 4.78 is 0. The maximum absolute atomic E-state index is 13.1. The van der Waals surface area contributed by atoms with Gasteiger partial charge in [-0.25, -0.2) is 9.97 Å². The highest BCUT2D eigenvalue weighted by molar-refractivity contribution is 5.97. The van der Waals surface area contributed by atoms with Gasteiger partial charge in [0, 0.05) is 30.2 Å². The minimum atomic E-state index is -0.216. The first kappa shape index (κ1) is 30.6. The number of aromatic nitrogens is 3. The van der Waals surface area contributed by atoms with Crippen LogP contribution in [0.4, 0.5) is 5.82 Å². The predicted molar refractivity (Wildman–Crippen MR) is 162 cm³/mol. The van der Waals surface area contributed by atoms with Crippen LogP contribution >= 0.6 is 24.8 Å². The van der Waals surface area contributed by atoms with Crippen molar-refractivity contribution in [2.24, 2.45) is 5.92 Å². The van der Waals surface area contributed by atoms with Gasteiger partial charge in [0.1, 0.15) is 17.3 Å². The molecule has 8 nitrogen and oxygen atoms in total. The van der Waals surface area contributed by atoms with Crippen LogP contribution < -0.4 is 16.0 Å². The van der Waals surface area contributed by atoms with E-state index in [4.69, 9.17) is 10.4 Å². The number of hydrogen-bond acceptors (Lipinski definition) is 6. The Labute approximate surface area is 242 Å². The molecule has 2 atom stereocenters. The van der Waals surface area contributed by atoms with E-state index in [0.717, 1.165) is 42.1 Å². The van der Waals surface area contributed by atoms with E-state index in [-0.39, 0.29) is 48.6 Å². The third kappa shape index (κ3) is 7.79. The van der Waals surface area contributed by atoms with Crippen LogP contribution in [0.15, 0.2) is 42.6 Å². The van der Waals surface area contributed by atoms with E-state index < -0.39 is 0 Å². The fourth-order valence-corrected chi connectivity index (χ4v) is 5.58. The zero-order valence-corrected chi connectivity index (χ0v) is 24.0. The number of amidine groups is 1. The van der Waals surface area contributed by atoms with Crippen molar-refractivity contribution in [3.05, 3.63) is 59.7 Å². The average Bonchev–Trinajstić information content (AvgIpc) is 2.94. The Morgan fingerprint density at radius 1 is 0.949 bits per heavy atom. The highest BCUT2D eigenvalue weighted by Gasteiger charge is 2.28. The molecule has 2 saturated carbocycles. The van der Waals surface area contributed by atoms with Crippen molar-refractivity contribution in [1.29, 1.82) is 5.41 Å². The maximum Gasteiger partial charge on any atom is 0.289 e. The molecule has 1 amide bonds. The molecule has 2 heterocycles. The smallest absolute Gasteiger partial charge is 0.289 e. The second kappa shape index (κ2) is 14.4. The molecule has 4 N–H and O–H groups in total. The molecule has 0 saturated heterocycles. The molecular formula is C29H39Cl2N7O. The van der Waals surface area contributed by atoms with E-state index >= 15 is 0 Å². The third-order valence-corrected chi connectivity index (χ3v) is 7.67. The Balaban J connectivity index is 0.00000210. The van der Waals surface area contributed by atoms with Crippen LogP contribution in [0, 0.1) is 18.3 Å². The van der Waals surface area contributed by atoms with Gasteiger partial charge in [0.15, 0.2) is 0 Å². The molecule has 0 spiro atoms. The van der Waals surface area contributed by atoms with E-state index in [1.54, 1.807) is 6.20 Å². The summed E-state index contributed by atoms with van der Waals surface area (Å²) in [6, 6.07) is 11.8. The summed E-state index contributed by atoms with van der Waals surface area (Å²) in [5, 5.41) is 19.6. The van der Waals surface area contributed by atoms with Crippen LogP contribution in [0.25, 0.3) is 10.9 Å². The van der Waals surface area contributed by atoms with Crippen LogP contribution in [0.5, 0.6) is 0 Å². The molecule has 5 rings (SSSR count). The number of hydrogen-bond donors (Lipinski definition) is 4. The topological polar surface area (TPSA) is 116 Å². The van der Waals surface area contributed by atoms with Crippen molar-refractivity contribution in [3.63, 3.8) is 0 Å². The number of carbonyl (C=O) groups excluding carboxylic acids is 1. The molecule has 2 aromatic heterocycles. The second-order valence-electron chi connectivity index (χ2n) is 10.5. The van der Waals surface area contributed by atoms with E-state index in [9.17, 15) is 4.79 Å². The van der Waals surface area contributed by atoms with Gasteiger partial charge in [-0.3, -0.25) is 15.2 Å². The first-order chi connectivity index (χ1) is 18.1. The number of carbonyl (C=O) groups is 1. The number of fused-ring (bicyclic) bond motifs is 1. The summed E-state index contributed by atoms with van der Waals surface area (Å²) in [7, 11) is 0. The van der Waals surface area contributed by atoms with E-state index in [1.165, 1.54) is 32.1 Å². The van der Waals surface area contributed by atoms with Gasteiger partial charge in [-0.15, -0.1) is 24.8 Å². The van der Waals surface area contributed by atoms with Crippen molar-refractivity contribution < 1.29 is 4.79 Å². The van der Waals surface area contributed by atoms with Crippen molar-refractivity contribution in [2.75, 3.05) is 11.9 Å². The molecule has 0 bridgehead atoms. The molecule has 1 aromatic carbocycles. The van der Waals surface area contributed by atoms with Crippen LogP contribution in [0.1, 0.15) is 79.7 Å². The second-order valence-corrected chi connectivity index (χ2v) is 10.5. The number of rotatable bonds is 7. The zero-order valence-electron chi connectivity index (χ0n) is 22.4. The van der Waals surface area contributed by atoms with Gasteiger partial charge in [-0.1, -0.05) is 49.8 Å². The van der Waals surface area contributed by atoms with E-state index in [0.29, 0.717) is 29.8 Å². The van der Waals surface area contributed by atoms with Gasteiger partial charge in [-0.2, -0.15) is 0 Å². The van der Waals surface area contributed by atoms with Crippen molar-refractivity contribution in [3.8, 4) is 0 Å². The minimum Gasteiger partial charge on any atom is -0.365 e. The Morgan fingerprint density at radius 3 is 2.44 bits per heavy atom. The lowest BCUT2D eigenvalue weighted by molar-refractivity contribution is 0.0933. The number of aryl methyl sites for hydroxylation is 1. The lowest BCUT2D eigenvalue weighted by Crippen LogP contribution is -2.49. The number of benzene rings is 1. The molecule has 0 radical (unpaired) electrons. The fourth-order valence-electron chi connectivity index (χ4n) is 5.58. The summed E-state index contributed by atoms with van der Waals surface area (Å²) in [5.74, 6) is 1.54. The molecule has 0 aliphatic heterocycles. The van der Waals surface area contributed by atoms with Gasteiger partial charge in [0.05, 0.1) is 5.52 Å². The highest BCUT2D eigenvalue weighted by Crippen LogP contribution is 2.27. The number of amides is 1. The van der Waals surface area contributed by atoms with E-state index in [1.807, 2.05) is 37.3 Å². The normalized spacial score (nSPS) is 19.3. The Hall–Kier alpha value is -2.97. The van der Waals surface area contributed by atoms with Crippen LogP contribution in [-0.4, -0.2) is 45.3 Å². The molecule has 3 aromatic rings. The van der Waals surface area contributed by atoms with Gasteiger partial charge in [0.25, 0.3) is 5.91 Å². The van der Waals surface area contributed by atoms with Crippen molar-refractivity contribution in [2.45, 2.75) is 76.8 Å². The number of pyridine rings is 1. The Kier molecular flexibility index (Phi) is 11.3. The Morgan fingerprint density at radius 2 is 1.69 bits per heavy atom.